The van der Waals surface area contributed by atoms with E-state index in [1.54, 1.807) is 38.1 Å². The number of alkyl halides is 3. The van der Waals surface area contributed by atoms with Crippen LogP contribution in [0.3, 0.4) is 0 Å². The van der Waals surface area contributed by atoms with Gasteiger partial charge in [-0.1, -0.05) is 78.3 Å². The Kier molecular flexibility index (Phi) is 7.38. The lowest BCUT2D eigenvalue weighted by Gasteiger charge is -2.39. The minimum Gasteiger partial charge on any atom is -0.405 e. The van der Waals surface area contributed by atoms with Crippen LogP contribution in [0.1, 0.15) is 64.3 Å². The van der Waals surface area contributed by atoms with Crippen LogP contribution in [-0.2, 0) is 29.1 Å². The maximum absolute atomic E-state index is 13.9. The zero-order valence-corrected chi connectivity index (χ0v) is 24.7. The molecule has 8 heteroatoms. The van der Waals surface area contributed by atoms with Crippen LogP contribution in [0.4, 0.5) is 13.2 Å². The number of sulfone groups is 1. The monoisotopic (exact) mass is 610 g/mol. The first-order valence-corrected chi connectivity index (χ1v) is 16.0. The Morgan fingerprint density at radius 1 is 0.786 bits per heavy atom. The number of rotatable bonds is 5. The maximum atomic E-state index is 13.9. The Hall–Kier alpha value is -3.29. The van der Waals surface area contributed by atoms with Gasteiger partial charge in [-0.3, -0.25) is 0 Å². The highest BCUT2D eigenvalue weighted by Crippen LogP contribution is 2.52. The normalized spacial score (nSPS) is 20.0. The molecule has 3 atom stereocenters. The van der Waals surface area contributed by atoms with E-state index >= 15 is 0 Å². The summed E-state index contributed by atoms with van der Waals surface area (Å²) in [4.78, 5) is 0. The van der Waals surface area contributed by atoms with Crippen LogP contribution in [0, 0.1) is 0 Å². The lowest BCUT2D eigenvalue weighted by atomic mass is 9.67. The van der Waals surface area contributed by atoms with Crippen molar-refractivity contribution in [2.45, 2.75) is 61.8 Å². The van der Waals surface area contributed by atoms with Crippen molar-refractivity contribution < 1.29 is 26.3 Å². The van der Waals surface area contributed by atoms with Crippen LogP contribution in [0.15, 0.2) is 84.9 Å². The van der Waals surface area contributed by atoms with Crippen molar-refractivity contribution in [3.63, 3.8) is 0 Å². The van der Waals surface area contributed by atoms with E-state index in [0.29, 0.717) is 29.8 Å². The van der Waals surface area contributed by atoms with Crippen molar-refractivity contribution in [1.29, 1.82) is 0 Å². The standard InChI is InChI=1S/C34H30ClF3O3S/c1-20(2)42(39,40)32-18-22-7-3-4-8-25(22)27-16-13-23-17-30(26-9-5-6-10-31(26)41-34(36,37)38)28(19-29(23)33(27)32)21-11-14-24(35)15-12-21/h3-16,20,28,30,32H,17-19H2,1-2H3. The Morgan fingerprint density at radius 3 is 2.19 bits per heavy atom. The van der Waals surface area contributed by atoms with E-state index in [1.165, 1.54) is 12.1 Å². The molecule has 0 amide bonds. The van der Waals surface area contributed by atoms with Gasteiger partial charge in [0.25, 0.3) is 0 Å². The van der Waals surface area contributed by atoms with Crippen molar-refractivity contribution in [3.8, 4) is 16.9 Å². The van der Waals surface area contributed by atoms with Crippen molar-refractivity contribution in [2.75, 3.05) is 0 Å². The van der Waals surface area contributed by atoms with Crippen molar-refractivity contribution in [2.24, 2.45) is 0 Å². The van der Waals surface area contributed by atoms with Crippen molar-refractivity contribution in [3.05, 3.63) is 123 Å². The van der Waals surface area contributed by atoms with Crippen LogP contribution >= 0.6 is 11.6 Å². The first kappa shape index (κ1) is 28.8. The second kappa shape index (κ2) is 10.8. The van der Waals surface area contributed by atoms with Gasteiger partial charge >= 0.3 is 6.36 Å². The quantitative estimate of drug-likeness (QED) is 0.226. The van der Waals surface area contributed by atoms with Gasteiger partial charge in [0.1, 0.15) is 5.75 Å². The summed E-state index contributed by atoms with van der Waals surface area (Å²) < 4.78 is 72.5. The first-order chi connectivity index (χ1) is 19.9. The highest BCUT2D eigenvalue weighted by molar-refractivity contribution is 7.92. The zero-order valence-electron chi connectivity index (χ0n) is 23.2. The number of hydrogen-bond donors (Lipinski definition) is 0. The molecule has 0 heterocycles. The summed E-state index contributed by atoms with van der Waals surface area (Å²) >= 11 is 6.21. The molecule has 4 aromatic carbocycles. The highest BCUT2D eigenvalue weighted by atomic mass is 35.5. The molecule has 2 aliphatic carbocycles. The molecule has 2 aliphatic rings. The van der Waals surface area contributed by atoms with Gasteiger partial charge in [-0.2, -0.15) is 0 Å². The largest absolute Gasteiger partial charge is 0.573 e. The van der Waals surface area contributed by atoms with E-state index in [-0.39, 0.29) is 17.6 Å². The van der Waals surface area contributed by atoms with Gasteiger partial charge in [0.2, 0.25) is 0 Å². The van der Waals surface area contributed by atoms with Gasteiger partial charge in [0, 0.05) is 5.02 Å². The summed E-state index contributed by atoms with van der Waals surface area (Å²) in [5.41, 5.74) is 7.09. The molecule has 42 heavy (non-hydrogen) atoms. The molecular formula is C34H30ClF3O3S. The first-order valence-electron chi connectivity index (χ1n) is 14.0. The molecule has 0 aliphatic heterocycles. The minimum absolute atomic E-state index is 0.218. The summed E-state index contributed by atoms with van der Waals surface area (Å²) in [5.74, 6) is -0.797. The lowest BCUT2D eigenvalue weighted by molar-refractivity contribution is -0.275. The smallest absolute Gasteiger partial charge is 0.405 e. The van der Waals surface area contributed by atoms with Crippen molar-refractivity contribution in [1.82, 2.24) is 0 Å². The second-order valence-corrected chi connectivity index (χ2v) is 14.5. The van der Waals surface area contributed by atoms with Crippen LogP contribution in [0.2, 0.25) is 5.02 Å². The zero-order chi connectivity index (χ0) is 29.8. The molecule has 0 aromatic heterocycles. The predicted octanol–water partition coefficient (Wildman–Crippen LogP) is 8.99. The third-order valence-electron chi connectivity index (χ3n) is 8.73. The number of ether oxygens (including phenoxy) is 1. The van der Waals surface area contributed by atoms with Crippen LogP contribution < -0.4 is 4.74 Å². The average molecular weight is 611 g/mol. The van der Waals surface area contributed by atoms with E-state index in [0.717, 1.165) is 38.9 Å². The molecule has 0 saturated carbocycles. The second-order valence-electron chi connectivity index (χ2n) is 11.4. The summed E-state index contributed by atoms with van der Waals surface area (Å²) in [6.07, 6.45) is -3.54. The molecule has 3 nitrogen and oxygen atoms in total. The Morgan fingerprint density at radius 2 is 1.48 bits per heavy atom. The van der Waals surface area contributed by atoms with Crippen LogP contribution in [-0.4, -0.2) is 20.0 Å². The third-order valence-corrected chi connectivity index (χ3v) is 11.5. The van der Waals surface area contributed by atoms with Crippen molar-refractivity contribution >= 4 is 21.4 Å². The number of halogens is 4. The number of hydrogen-bond acceptors (Lipinski definition) is 3. The van der Waals surface area contributed by atoms with E-state index in [9.17, 15) is 21.6 Å². The molecule has 0 fully saturated rings. The predicted molar refractivity (Wildman–Crippen MR) is 160 cm³/mol. The SMILES string of the molecule is CC(C)S(=O)(=O)C1Cc2ccccc2-c2ccc3c(c21)CC(c1ccc(Cl)cc1)C(c1ccccc1OC(F)(F)F)C3. The molecule has 0 radical (unpaired) electrons. The van der Waals surface area contributed by atoms with Gasteiger partial charge < -0.3 is 4.74 Å². The Balaban J connectivity index is 1.56. The molecule has 0 N–H and O–H groups in total. The number of fused-ring (bicyclic) bond motifs is 5. The summed E-state index contributed by atoms with van der Waals surface area (Å²) in [6.45, 7) is 3.43. The molecular weight excluding hydrogens is 581 g/mol. The van der Waals surface area contributed by atoms with Gasteiger partial charge in [-0.05, 0) is 108 Å². The third kappa shape index (κ3) is 5.22. The molecule has 6 rings (SSSR count). The molecule has 0 spiro atoms. The molecule has 218 valence electrons. The Labute approximate surface area is 249 Å². The molecule has 3 unspecified atom stereocenters. The van der Waals surface area contributed by atoms with Crippen LogP contribution in [0.25, 0.3) is 11.1 Å². The van der Waals surface area contributed by atoms with E-state index in [2.05, 4.69) is 4.74 Å². The molecule has 4 aromatic rings. The fourth-order valence-corrected chi connectivity index (χ4v) is 8.54. The fourth-order valence-electron chi connectivity index (χ4n) is 6.75. The minimum atomic E-state index is -4.83. The topological polar surface area (TPSA) is 43.4 Å². The lowest BCUT2D eigenvalue weighted by Crippen LogP contribution is -2.31. The number of benzene rings is 4. The molecule has 0 saturated heterocycles. The van der Waals surface area contributed by atoms with Gasteiger partial charge in [0.05, 0.1) is 10.5 Å². The van der Waals surface area contributed by atoms with E-state index in [4.69, 9.17) is 11.6 Å². The van der Waals surface area contributed by atoms with E-state index in [1.807, 2.05) is 48.5 Å². The van der Waals surface area contributed by atoms with Gasteiger partial charge in [-0.25, -0.2) is 8.42 Å². The summed E-state index contributed by atoms with van der Waals surface area (Å²) in [5, 5.41) is -0.712. The van der Waals surface area contributed by atoms with Gasteiger partial charge in [-0.15, -0.1) is 13.2 Å². The maximum Gasteiger partial charge on any atom is 0.573 e. The Bertz CT molecular complexity index is 1750. The van der Waals surface area contributed by atoms with E-state index < -0.39 is 26.7 Å². The average Bonchev–Trinajstić information content (AvgIpc) is 2.95. The molecule has 0 bridgehead atoms. The van der Waals surface area contributed by atoms with Crippen LogP contribution in [0.5, 0.6) is 5.75 Å². The summed E-state index contributed by atoms with van der Waals surface area (Å²) in [6, 6.07) is 25.6. The summed E-state index contributed by atoms with van der Waals surface area (Å²) in [7, 11) is -3.53. The highest BCUT2D eigenvalue weighted by Gasteiger charge is 2.42. The fraction of sp³-hybridized carbons (Fsp3) is 0.294. The van der Waals surface area contributed by atoms with Gasteiger partial charge in [0.15, 0.2) is 9.84 Å². The number of para-hydroxylation sites is 1.